The lowest BCUT2D eigenvalue weighted by atomic mass is 9.99. The molecule has 1 aromatic rings. The number of hydrogen-bond donors (Lipinski definition) is 0. The molecule has 0 bridgehead atoms. The lowest BCUT2D eigenvalue weighted by Gasteiger charge is -2.16. The highest BCUT2D eigenvalue weighted by atomic mass is 16.5. The molecule has 25 heavy (non-hydrogen) atoms. The maximum absolute atomic E-state index is 12.8. The van der Waals surface area contributed by atoms with Crippen LogP contribution in [0.3, 0.4) is 0 Å². The minimum absolute atomic E-state index is 0.206. The van der Waals surface area contributed by atoms with Gasteiger partial charge >= 0.3 is 5.97 Å². The molecule has 1 aliphatic heterocycles. The van der Waals surface area contributed by atoms with Gasteiger partial charge in [-0.2, -0.15) is 0 Å². The van der Waals surface area contributed by atoms with Crippen molar-refractivity contribution in [2.24, 2.45) is 0 Å². The van der Waals surface area contributed by atoms with Crippen molar-refractivity contribution in [1.29, 1.82) is 0 Å². The van der Waals surface area contributed by atoms with Crippen molar-refractivity contribution in [2.75, 3.05) is 27.4 Å². The van der Waals surface area contributed by atoms with Gasteiger partial charge in [0.05, 0.1) is 24.9 Å². The summed E-state index contributed by atoms with van der Waals surface area (Å²) in [4.78, 5) is 26.5. The normalized spacial score (nSPS) is 16.3. The fraction of sp³-hybridized carbons (Fsp3) is 0.400. The molecule has 0 aliphatic carbocycles. The van der Waals surface area contributed by atoms with Gasteiger partial charge in [0.1, 0.15) is 0 Å². The highest BCUT2D eigenvalue weighted by Crippen LogP contribution is 2.31. The number of nitrogens with zero attached hydrogens (tertiary/aromatic N) is 1. The van der Waals surface area contributed by atoms with E-state index in [4.69, 9.17) is 9.47 Å². The second kappa shape index (κ2) is 8.12. The summed E-state index contributed by atoms with van der Waals surface area (Å²) in [5.41, 5.74) is 3.37. The largest absolute Gasteiger partial charge is 0.465 e. The Morgan fingerprint density at radius 3 is 2.36 bits per heavy atom. The van der Waals surface area contributed by atoms with Gasteiger partial charge in [-0.3, -0.25) is 4.79 Å². The maximum atomic E-state index is 12.8. The summed E-state index contributed by atoms with van der Waals surface area (Å²) < 4.78 is 9.94. The van der Waals surface area contributed by atoms with Crippen LogP contribution in [-0.2, 0) is 19.1 Å². The first-order valence-electron chi connectivity index (χ1n) is 8.32. The molecule has 5 nitrogen and oxygen atoms in total. The van der Waals surface area contributed by atoms with Gasteiger partial charge in [-0.05, 0) is 30.0 Å². The van der Waals surface area contributed by atoms with Crippen LogP contribution in [0.25, 0.3) is 6.08 Å². The molecule has 0 radical (unpaired) electrons. The Morgan fingerprint density at radius 2 is 1.84 bits per heavy atom. The summed E-state index contributed by atoms with van der Waals surface area (Å²) in [6.07, 6.45) is 1.75. The Kier molecular flexibility index (Phi) is 6.15. The summed E-state index contributed by atoms with van der Waals surface area (Å²) in [5, 5.41) is 0. The smallest absolute Gasteiger partial charge is 0.340 e. The molecule has 0 saturated carbocycles. The first-order valence-corrected chi connectivity index (χ1v) is 8.32. The standard InChI is InChI=1S/C20H25NO4/c1-13(2)16-8-6-15(7-9-16)12-17-18(20(23)25-5)14(3)21(19(17)22)10-11-24-4/h6-9,12-13H,10-11H2,1-5H3/b17-12-. The lowest BCUT2D eigenvalue weighted by Crippen LogP contribution is -2.28. The van der Waals surface area contributed by atoms with E-state index in [2.05, 4.69) is 13.8 Å². The number of allylic oxidation sites excluding steroid dienone is 1. The summed E-state index contributed by atoms with van der Waals surface area (Å²) >= 11 is 0. The minimum Gasteiger partial charge on any atom is -0.465 e. The number of carbonyl (C=O) groups excluding carboxylic acids is 2. The van der Waals surface area contributed by atoms with Crippen LogP contribution in [0.15, 0.2) is 41.1 Å². The molecular weight excluding hydrogens is 318 g/mol. The van der Waals surface area contributed by atoms with Crippen LogP contribution in [0.2, 0.25) is 0 Å². The van der Waals surface area contributed by atoms with Crippen LogP contribution in [0.1, 0.15) is 37.8 Å². The molecule has 0 aromatic heterocycles. The monoisotopic (exact) mass is 343 g/mol. The van der Waals surface area contributed by atoms with E-state index in [9.17, 15) is 9.59 Å². The SMILES string of the molecule is COCCN1C(=O)/C(=C\c2ccc(C(C)C)cc2)C(C(=O)OC)=C1C. The average Bonchev–Trinajstić information content (AvgIpc) is 2.83. The van der Waals surface area contributed by atoms with E-state index in [0.29, 0.717) is 35.9 Å². The van der Waals surface area contributed by atoms with Crippen LogP contribution >= 0.6 is 0 Å². The van der Waals surface area contributed by atoms with Gasteiger partial charge in [0.2, 0.25) is 0 Å². The Balaban J connectivity index is 2.42. The highest BCUT2D eigenvalue weighted by Gasteiger charge is 2.36. The molecule has 0 saturated heterocycles. The molecule has 1 aliphatic rings. The van der Waals surface area contributed by atoms with E-state index >= 15 is 0 Å². The molecule has 0 unspecified atom stereocenters. The minimum atomic E-state index is -0.504. The van der Waals surface area contributed by atoms with Crippen molar-refractivity contribution in [2.45, 2.75) is 26.7 Å². The Hall–Kier alpha value is -2.40. The third kappa shape index (κ3) is 3.99. The second-order valence-corrected chi connectivity index (χ2v) is 6.28. The van der Waals surface area contributed by atoms with Crippen LogP contribution in [-0.4, -0.2) is 44.1 Å². The number of benzene rings is 1. The first kappa shape index (κ1) is 18.9. The van der Waals surface area contributed by atoms with Crippen LogP contribution in [0, 0.1) is 0 Å². The van der Waals surface area contributed by atoms with Crippen LogP contribution < -0.4 is 0 Å². The van der Waals surface area contributed by atoms with E-state index < -0.39 is 5.97 Å². The number of rotatable bonds is 6. The maximum Gasteiger partial charge on any atom is 0.340 e. The summed E-state index contributed by atoms with van der Waals surface area (Å²) in [7, 11) is 2.90. The van der Waals surface area contributed by atoms with E-state index in [-0.39, 0.29) is 5.91 Å². The van der Waals surface area contributed by atoms with Crippen LogP contribution in [0.5, 0.6) is 0 Å². The van der Waals surface area contributed by atoms with Gasteiger partial charge in [0, 0.05) is 19.4 Å². The van der Waals surface area contributed by atoms with E-state index in [1.54, 1.807) is 25.0 Å². The van der Waals surface area contributed by atoms with Crippen molar-refractivity contribution < 1.29 is 19.1 Å². The molecule has 5 heteroatoms. The van der Waals surface area contributed by atoms with Gasteiger partial charge in [-0.1, -0.05) is 38.1 Å². The molecule has 1 heterocycles. The molecular formula is C20H25NO4. The quantitative estimate of drug-likeness (QED) is 0.588. The van der Waals surface area contributed by atoms with Gasteiger partial charge in [-0.15, -0.1) is 0 Å². The molecule has 0 spiro atoms. The second-order valence-electron chi connectivity index (χ2n) is 6.28. The molecule has 1 aromatic carbocycles. The van der Waals surface area contributed by atoms with Crippen molar-refractivity contribution in [1.82, 2.24) is 4.90 Å². The number of amides is 1. The number of methoxy groups -OCH3 is 2. The molecule has 134 valence electrons. The van der Waals surface area contributed by atoms with Crippen molar-refractivity contribution >= 4 is 18.0 Å². The fourth-order valence-corrected chi connectivity index (χ4v) is 2.82. The Morgan fingerprint density at radius 1 is 1.20 bits per heavy atom. The predicted octanol–water partition coefficient (Wildman–Crippen LogP) is 3.13. The zero-order valence-corrected chi connectivity index (χ0v) is 15.5. The predicted molar refractivity (Wildman–Crippen MR) is 96.8 cm³/mol. The molecule has 0 fully saturated rings. The Labute approximate surface area is 148 Å². The van der Waals surface area contributed by atoms with Crippen molar-refractivity contribution in [3.05, 3.63) is 52.2 Å². The third-order valence-corrected chi connectivity index (χ3v) is 4.33. The highest BCUT2D eigenvalue weighted by molar-refractivity contribution is 6.16. The lowest BCUT2D eigenvalue weighted by molar-refractivity contribution is -0.136. The number of ether oxygens (including phenoxy) is 2. The van der Waals surface area contributed by atoms with Crippen molar-refractivity contribution in [3.63, 3.8) is 0 Å². The summed E-state index contributed by atoms with van der Waals surface area (Å²) in [5.74, 6) is -0.272. The Bertz CT molecular complexity index is 714. The third-order valence-electron chi connectivity index (χ3n) is 4.33. The number of carbonyl (C=O) groups is 2. The van der Waals surface area contributed by atoms with Gasteiger partial charge in [0.15, 0.2) is 0 Å². The van der Waals surface area contributed by atoms with E-state index in [0.717, 1.165) is 5.56 Å². The molecule has 2 rings (SSSR count). The number of hydrogen-bond acceptors (Lipinski definition) is 4. The first-order chi connectivity index (χ1) is 11.9. The number of esters is 1. The summed E-state index contributed by atoms with van der Waals surface area (Å²) in [6, 6.07) is 7.98. The van der Waals surface area contributed by atoms with E-state index in [1.807, 2.05) is 24.3 Å². The topological polar surface area (TPSA) is 55.8 Å². The molecule has 1 amide bonds. The zero-order valence-electron chi connectivity index (χ0n) is 15.5. The molecule has 0 N–H and O–H groups in total. The van der Waals surface area contributed by atoms with Gasteiger partial charge in [0.25, 0.3) is 5.91 Å². The van der Waals surface area contributed by atoms with Gasteiger partial charge < -0.3 is 14.4 Å². The van der Waals surface area contributed by atoms with Crippen molar-refractivity contribution in [3.8, 4) is 0 Å². The fourth-order valence-electron chi connectivity index (χ4n) is 2.82. The molecule has 0 atom stereocenters. The zero-order chi connectivity index (χ0) is 18.6. The van der Waals surface area contributed by atoms with Gasteiger partial charge in [-0.25, -0.2) is 4.79 Å². The van der Waals surface area contributed by atoms with Crippen LogP contribution in [0.4, 0.5) is 0 Å². The average molecular weight is 343 g/mol. The van der Waals surface area contributed by atoms with E-state index in [1.165, 1.54) is 12.7 Å². The summed E-state index contributed by atoms with van der Waals surface area (Å²) in [6.45, 7) is 6.80.